The summed E-state index contributed by atoms with van der Waals surface area (Å²) in [5.74, 6) is -0.0489. The fourth-order valence-electron chi connectivity index (χ4n) is 2.57. The molecule has 0 aromatic carbocycles. The van der Waals surface area contributed by atoms with Crippen molar-refractivity contribution in [1.29, 1.82) is 0 Å². The van der Waals surface area contributed by atoms with Crippen LogP contribution in [0, 0.1) is 6.92 Å². The Morgan fingerprint density at radius 1 is 1.37 bits per heavy atom. The number of carbonyl (C=O) groups excluding carboxylic acids is 2. The zero-order valence-corrected chi connectivity index (χ0v) is 12.0. The Morgan fingerprint density at radius 2 is 2.11 bits per heavy atom. The first-order valence-corrected chi connectivity index (χ1v) is 7.56. The number of thiophene rings is 1. The minimum atomic E-state index is -0.342. The number of hydrogen-bond acceptors (Lipinski definition) is 4. The number of aryl methyl sites for hydroxylation is 1. The van der Waals surface area contributed by atoms with Gasteiger partial charge >= 0.3 is 0 Å². The Balaban J connectivity index is 1.67. The Labute approximate surface area is 116 Å². The van der Waals surface area contributed by atoms with Gasteiger partial charge in [0.25, 0.3) is 0 Å². The van der Waals surface area contributed by atoms with Crippen molar-refractivity contribution in [3.8, 4) is 0 Å². The van der Waals surface area contributed by atoms with Gasteiger partial charge in [0.1, 0.15) is 0 Å². The number of likely N-dealkylation sites (tertiary alicyclic amines) is 1. The molecule has 1 aliphatic carbocycles. The van der Waals surface area contributed by atoms with Gasteiger partial charge in [-0.2, -0.15) is 0 Å². The molecular weight excluding hydrogens is 260 g/mol. The van der Waals surface area contributed by atoms with Crippen LogP contribution in [-0.2, 0) is 9.59 Å². The number of amides is 2. The summed E-state index contributed by atoms with van der Waals surface area (Å²) in [6, 6.07) is 4.12. The van der Waals surface area contributed by atoms with E-state index in [9.17, 15) is 9.59 Å². The van der Waals surface area contributed by atoms with E-state index in [0.717, 1.165) is 12.8 Å². The van der Waals surface area contributed by atoms with Crippen LogP contribution in [-0.4, -0.2) is 28.8 Å². The van der Waals surface area contributed by atoms with E-state index >= 15 is 0 Å². The fourth-order valence-corrected chi connectivity index (χ4v) is 3.46. The molecule has 2 atom stereocenters. The molecule has 4 nitrogen and oxygen atoms in total. The highest BCUT2D eigenvalue weighted by Gasteiger charge is 2.46. The van der Waals surface area contributed by atoms with Gasteiger partial charge in [-0.1, -0.05) is 0 Å². The summed E-state index contributed by atoms with van der Waals surface area (Å²) in [7, 11) is 0. The smallest absolute Gasteiger partial charge is 0.247 e. The van der Waals surface area contributed by atoms with E-state index in [2.05, 4.69) is 24.4 Å². The lowest BCUT2D eigenvalue weighted by Crippen LogP contribution is -2.40. The third-order valence-corrected chi connectivity index (χ3v) is 4.92. The molecule has 1 N–H and O–H groups in total. The summed E-state index contributed by atoms with van der Waals surface area (Å²) >= 11 is 1.73. The predicted octanol–water partition coefficient (Wildman–Crippen LogP) is 2.00. The molecule has 2 aliphatic rings. The highest BCUT2D eigenvalue weighted by Crippen LogP contribution is 2.32. The molecule has 2 heterocycles. The van der Waals surface area contributed by atoms with E-state index in [1.807, 2.05) is 6.92 Å². The second-order valence-corrected chi connectivity index (χ2v) is 6.75. The van der Waals surface area contributed by atoms with E-state index in [4.69, 9.17) is 0 Å². The molecule has 0 radical (unpaired) electrons. The first-order valence-electron chi connectivity index (χ1n) is 6.74. The molecule has 1 aromatic rings. The number of hydrogen-bond donors (Lipinski definition) is 1. The summed E-state index contributed by atoms with van der Waals surface area (Å²) in [5, 5.41) is 3.30. The van der Waals surface area contributed by atoms with Crippen LogP contribution in [0.3, 0.4) is 0 Å². The molecule has 2 amide bonds. The molecule has 2 unspecified atom stereocenters. The molecule has 19 heavy (non-hydrogen) atoms. The molecule has 0 bridgehead atoms. The summed E-state index contributed by atoms with van der Waals surface area (Å²) in [6.07, 6.45) is 2.26. The first-order chi connectivity index (χ1) is 9.06. The Kier molecular flexibility index (Phi) is 3.19. The van der Waals surface area contributed by atoms with Gasteiger partial charge in [0.2, 0.25) is 11.8 Å². The van der Waals surface area contributed by atoms with E-state index in [1.54, 1.807) is 11.3 Å². The Bertz CT molecular complexity index is 521. The van der Waals surface area contributed by atoms with E-state index in [1.165, 1.54) is 14.7 Å². The third-order valence-electron chi connectivity index (χ3n) is 3.73. The Morgan fingerprint density at radius 3 is 2.68 bits per heavy atom. The minimum absolute atomic E-state index is 0.0143. The molecule has 3 rings (SSSR count). The lowest BCUT2D eigenvalue weighted by atomic mass is 10.2. The fraction of sp³-hybridized carbons (Fsp3) is 0.571. The van der Waals surface area contributed by atoms with Crippen LogP contribution in [0.2, 0.25) is 0 Å². The highest BCUT2D eigenvalue weighted by atomic mass is 32.1. The van der Waals surface area contributed by atoms with Gasteiger partial charge in [-0.25, -0.2) is 0 Å². The lowest BCUT2D eigenvalue weighted by Gasteiger charge is -2.18. The lowest BCUT2D eigenvalue weighted by molar-refractivity contribution is -0.139. The van der Waals surface area contributed by atoms with Crippen LogP contribution >= 0.6 is 11.3 Å². The van der Waals surface area contributed by atoms with Crippen molar-refractivity contribution in [2.24, 2.45) is 0 Å². The van der Waals surface area contributed by atoms with Gasteiger partial charge in [0.05, 0.1) is 12.5 Å². The van der Waals surface area contributed by atoms with Crippen LogP contribution < -0.4 is 5.32 Å². The van der Waals surface area contributed by atoms with Crippen LogP contribution in [0.15, 0.2) is 12.1 Å². The summed E-state index contributed by atoms with van der Waals surface area (Å²) in [6.45, 7) is 4.11. The molecular formula is C14H18N2O2S. The van der Waals surface area contributed by atoms with Crippen molar-refractivity contribution in [1.82, 2.24) is 10.2 Å². The van der Waals surface area contributed by atoms with Crippen LogP contribution in [0.1, 0.15) is 42.0 Å². The largest absolute Gasteiger partial charge is 0.298 e. The summed E-state index contributed by atoms with van der Waals surface area (Å²) in [4.78, 5) is 28.0. The molecule has 102 valence electrons. The predicted molar refractivity (Wildman–Crippen MR) is 73.9 cm³/mol. The van der Waals surface area contributed by atoms with Crippen molar-refractivity contribution in [2.45, 2.75) is 51.2 Å². The molecule has 1 saturated heterocycles. The monoisotopic (exact) mass is 278 g/mol. The molecule has 1 aliphatic heterocycles. The van der Waals surface area contributed by atoms with Crippen molar-refractivity contribution in [3.05, 3.63) is 21.9 Å². The van der Waals surface area contributed by atoms with Gasteiger partial charge < -0.3 is 0 Å². The van der Waals surface area contributed by atoms with Gasteiger partial charge in [-0.3, -0.25) is 19.8 Å². The van der Waals surface area contributed by atoms with Gasteiger partial charge in [-0.15, -0.1) is 11.3 Å². The average Bonchev–Trinajstić information content (AvgIpc) is 3.02. The Hall–Kier alpha value is -1.20. The minimum Gasteiger partial charge on any atom is -0.298 e. The summed E-state index contributed by atoms with van der Waals surface area (Å²) < 4.78 is 0. The van der Waals surface area contributed by atoms with Crippen LogP contribution in [0.4, 0.5) is 0 Å². The number of imide groups is 1. The molecule has 1 aromatic heterocycles. The quantitative estimate of drug-likeness (QED) is 0.857. The SMILES string of the molecule is Cc1ccc(C(C)NC2CC(=O)N(C3CC3)C2=O)s1. The second kappa shape index (κ2) is 4.72. The van der Waals surface area contributed by atoms with E-state index < -0.39 is 0 Å². The van der Waals surface area contributed by atoms with Crippen molar-refractivity contribution in [3.63, 3.8) is 0 Å². The number of rotatable bonds is 4. The zero-order valence-electron chi connectivity index (χ0n) is 11.2. The first kappa shape index (κ1) is 12.8. The maximum absolute atomic E-state index is 12.2. The molecule has 0 spiro atoms. The van der Waals surface area contributed by atoms with Crippen molar-refractivity contribution < 1.29 is 9.59 Å². The number of nitrogens with zero attached hydrogens (tertiary/aromatic N) is 1. The maximum Gasteiger partial charge on any atom is 0.247 e. The maximum atomic E-state index is 12.2. The normalized spacial score (nSPS) is 25.2. The van der Waals surface area contributed by atoms with Gasteiger partial charge in [0.15, 0.2) is 0 Å². The zero-order chi connectivity index (χ0) is 13.6. The van der Waals surface area contributed by atoms with Gasteiger partial charge in [-0.05, 0) is 38.8 Å². The molecule has 1 saturated carbocycles. The summed E-state index contributed by atoms with van der Waals surface area (Å²) in [5.41, 5.74) is 0. The van der Waals surface area contributed by atoms with Gasteiger partial charge in [0, 0.05) is 21.8 Å². The standard InChI is InChI=1S/C14H18N2O2S/c1-8-3-6-12(19-8)9(2)15-11-7-13(17)16(14(11)18)10-4-5-10/h3,6,9-11,15H,4-5,7H2,1-2H3. The van der Waals surface area contributed by atoms with Crippen molar-refractivity contribution >= 4 is 23.2 Å². The second-order valence-electron chi connectivity index (χ2n) is 5.43. The van der Waals surface area contributed by atoms with Crippen LogP contribution in [0.5, 0.6) is 0 Å². The molecule has 2 fully saturated rings. The third kappa shape index (κ3) is 2.44. The number of carbonyl (C=O) groups is 2. The topological polar surface area (TPSA) is 49.4 Å². The van der Waals surface area contributed by atoms with Crippen molar-refractivity contribution in [2.75, 3.05) is 0 Å². The van der Waals surface area contributed by atoms with E-state index in [0.29, 0.717) is 6.42 Å². The van der Waals surface area contributed by atoms with E-state index in [-0.39, 0.29) is 29.9 Å². The highest BCUT2D eigenvalue weighted by molar-refractivity contribution is 7.12. The molecule has 5 heteroatoms. The van der Waals surface area contributed by atoms with Crippen LogP contribution in [0.25, 0.3) is 0 Å². The average molecular weight is 278 g/mol. The number of nitrogens with one attached hydrogen (secondary N) is 1.